The maximum atomic E-state index is 11.9. The topological polar surface area (TPSA) is 92.9 Å². The molecular weight excluding hydrogens is 366 g/mol. The number of fused-ring (bicyclic) bond motifs is 2. The molecule has 7 heteroatoms. The summed E-state index contributed by atoms with van der Waals surface area (Å²) in [7, 11) is 0. The molecule has 0 spiro atoms. The molecule has 7 nitrogen and oxygen atoms in total. The number of nitrogens with one attached hydrogen (secondary N) is 1. The van der Waals surface area contributed by atoms with Crippen molar-refractivity contribution in [2.75, 3.05) is 5.32 Å². The van der Waals surface area contributed by atoms with Crippen LogP contribution in [0.3, 0.4) is 0 Å². The average Bonchev–Trinajstić information content (AvgIpc) is 2.77. The third-order valence-electron chi connectivity index (χ3n) is 4.70. The van der Waals surface area contributed by atoms with Crippen molar-refractivity contribution < 1.29 is 5.21 Å². The summed E-state index contributed by atoms with van der Waals surface area (Å²) in [5.41, 5.74) is 3.12. The first-order valence-electron chi connectivity index (χ1n) is 8.98. The lowest BCUT2D eigenvalue weighted by molar-refractivity contribution is 0.182. The molecule has 0 unspecified atom stereocenters. The van der Waals surface area contributed by atoms with Gasteiger partial charge in [-0.2, -0.15) is 4.98 Å². The standard InChI is InChI=1S/C22H15N5O2/c28-22-26-20(18-5-3-11-23-21(18)27(22)29)25-17-9-7-14(8-10-17)16-12-15-4-1-2-6-19(15)24-13-16/h1-13,29H,(H,25,26,28). The fourth-order valence-corrected chi connectivity index (χ4v) is 3.25. The number of benzene rings is 2. The van der Waals surface area contributed by atoms with Crippen LogP contribution < -0.4 is 11.0 Å². The summed E-state index contributed by atoms with van der Waals surface area (Å²) in [6.07, 6.45) is 3.36. The molecule has 0 aliphatic carbocycles. The van der Waals surface area contributed by atoms with Crippen molar-refractivity contribution >= 4 is 33.4 Å². The van der Waals surface area contributed by atoms with Crippen LogP contribution in [-0.2, 0) is 0 Å². The molecule has 3 heterocycles. The van der Waals surface area contributed by atoms with Gasteiger partial charge in [-0.05, 0) is 42.0 Å². The number of hydrogen-bond donors (Lipinski definition) is 2. The van der Waals surface area contributed by atoms with E-state index in [1.165, 1.54) is 6.20 Å². The first-order chi connectivity index (χ1) is 14.2. The number of nitrogens with zero attached hydrogens (tertiary/aromatic N) is 4. The quantitative estimate of drug-likeness (QED) is 0.459. The third kappa shape index (κ3) is 3.04. The predicted molar refractivity (Wildman–Crippen MR) is 111 cm³/mol. The summed E-state index contributed by atoms with van der Waals surface area (Å²) in [4.78, 5) is 24.4. The molecule has 0 amide bonds. The molecule has 140 valence electrons. The molecule has 0 saturated carbocycles. The fourth-order valence-electron chi connectivity index (χ4n) is 3.25. The second-order valence-electron chi connectivity index (χ2n) is 6.55. The molecular formula is C22H15N5O2. The van der Waals surface area contributed by atoms with Gasteiger partial charge in [-0.3, -0.25) is 4.98 Å². The van der Waals surface area contributed by atoms with Crippen molar-refractivity contribution in [3.63, 3.8) is 0 Å². The summed E-state index contributed by atoms with van der Waals surface area (Å²) in [5, 5.41) is 14.6. The SMILES string of the molecule is O=c1nc(Nc2ccc(-c3cnc4ccccc4c3)cc2)c2cccnc2n1O. The van der Waals surface area contributed by atoms with Gasteiger partial charge in [-0.25, -0.2) is 9.78 Å². The summed E-state index contributed by atoms with van der Waals surface area (Å²) in [6, 6.07) is 21.3. The van der Waals surface area contributed by atoms with Gasteiger partial charge >= 0.3 is 5.69 Å². The fraction of sp³-hybridized carbons (Fsp3) is 0. The van der Waals surface area contributed by atoms with E-state index in [4.69, 9.17) is 0 Å². The highest BCUT2D eigenvalue weighted by molar-refractivity contribution is 5.88. The minimum Gasteiger partial charge on any atom is -0.422 e. The van der Waals surface area contributed by atoms with Gasteiger partial charge in [0.2, 0.25) is 0 Å². The second-order valence-corrected chi connectivity index (χ2v) is 6.55. The lowest BCUT2D eigenvalue weighted by Crippen LogP contribution is -2.23. The van der Waals surface area contributed by atoms with Crippen LogP contribution in [0, 0.1) is 0 Å². The lowest BCUT2D eigenvalue weighted by Gasteiger charge is -2.10. The van der Waals surface area contributed by atoms with Gasteiger partial charge in [-0.15, -0.1) is 4.73 Å². The Bertz CT molecular complexity index is 1410. The minimum atomic E-state index is -0.794. The average molecular weight is 381 g/mol. The van der Waals surface area contributed by atoms with Crippen molar-refractivity contribution in [3.8, 4) is 11.1 Å². The van der Waals surface area contributed by atoms with E-state index < -0.39 is 5.69 Å². The monoisotopic (exact) mass is 381 g/mol. The largest absolute Gasteiger partial charge is 0.422 e. The van der Waals surface area contributed by atoms with Crippen LogP contribution in [0.5, 0.6) is 0 Å². The highest BCUT2D eigenvalue weighted by Gasteiger charge is 2.11. The second kappa shape index (κ2) is 6.72. The van der Waals surface area contributed by atoms with E-state index in [0.717, 1.165) is 27.7 Å². The van der Waals surface area contributed by atoms with Crippen LogP contribution in [0.2, 0.25) is 0 Å². The zero-order chi connectivity index (χ0) is 19.8. The summed E-state index contributed by atoms with van der Waals surface area (Å²) >= 11 is 0. The van der Waals surface area contributed by atoms with Gasteiger partial charge in [0.05, 0.1) is 10.9 Å². The van der Waals surface area contributed by atoms with E-state index in [1.807, 2.05) is 54.7 Å². The van der Waals surface area contributed by atoms with Crippen LogP contribution in [-0.4, -0.2) is 24.9 Å². The van der Waals surface area contributed by atoms with Gasteiger partial charge in [0, 0.05) is 29.0 Å². The Balaban J connectivity index is 1.49. The van der Waals surface area contributed by atoms with E-state index in [2.05, 4.69) is 26.3 Å². The molecule has 0 radical (unpaired) electrons. The van der Waals surface area contributed by atoms with Crippen molar-refractivity contribution in [1.29, 1.82) is 0 Å². The Morgan fingerprint density at radius 2 is 1.72 bits per heavy atom. The zero-order valence-corrected chi connectivity index (χ0v) is 15.1. The molecule has 0 atom stereocenters. The number of pyridine rings is 2. The van der Waals surface area contributed by atoms with Crippen molar-refractivity contribution in [1.82, 2.24) is 19.7 Å². The number of aromatic nitrogens is 4. The molecule has 0 fully saturated rings. The van der Waals surface area contributed by atoms with Gasteiger partial charge in [0.1, 0.15) is 5.82 Å². The molecule has 2 aromatic carbocycles. The maximum Gasteiger partial charge on any atom is 0.384 e. The van der Waals surface area contributed by atoms with Crippen LogP contribution in [0.4, 0.5) is 11.5 Å². The summed E-state index contributed by atoms with van der Waals surface area (Å²) < 4.78 is 0.441. The first-order valence-corrected chi connectivity index (χ1v) is 8.98. The van der Waals surface area contributed by atoms with Crippen molar-refractivity contribution in [2.24, 2.45) is 0 Å². The van der Waals surface area contributed by atoms with Crippen LogP contribution in [0.25, 0.3) is 33.1 Å². The normalized spacial score (nSPS) is 11.0. The molecule has 0 bridgehead atoms. The molecule has 2 N–H and O–H groups in total. The molecule has 0 saturated heterocycles. The van der Waals surface area contributed by atoms with Gasteiger partial charge in [0.25, 0.3) is 0 Å². The summed E-state index contributed by atoms with van der Waals surface area (Å²) in [5.74, 6) is 0.337. The Morgan fingerprint density at radius 3 is 2.59 bits per heavy atom. The Morgan fingerprint density at radius 1 is 0.897 bits per heavy atom. The first kappa shape index (κ1) is 16.9. The van der Waals surface area contributed by atoms with Gasteiger partial charge in [0.15, 0.2) is 5.65 Å². The minimum absolute atomic E-state index is 0.147. The highest BCUT2D eigenvalue weighted by Crippen LogP contribution is 2.26. The van der Waals surface area contributed by atoms with Crippen molar-refractivity contribution in [2.45, 2.75) is 0 Å². The number of hydrogen-bond acceptors (Lipinski definition) is 6. The Labute approximate surface area is 164 Å². The van der Waals surface area contributed by atoms with Crippen molar-refractivity contribution in [3.05, 3.63) is 89.6 Å². The van der Waals surface area contributed by atoms with E-state index in [1.54, 1.807) is 12.1 Å². The number of anilines is 2. The number of para-hydroxylation sites is 1. The smallest absolute Gasteiger partial charge is 0.384 e. The van der Waals surface area contributed by atoms with Crippen LogP contribution in [0.1, 0.15) is 0 Å². The third-order valence-corrected chi connectivity index (χ3v) is 4.70. The Hall–Kier alpha value is -4.26. The lowest BCUT2D eigenvalue weighted by atomic mass is 10.1. The van der Waals surface area contributed by atoms with Crippen LogP contribution >= 0.6 is 0 Å². The molecule has 3 aromatic heterocycles. The molecule has 5 rings (SSSR count). The predicted octanol–water partition coefficient (Wildman–Crippen LogP) is 3.99. The van der Waals surface area contributed by atoms with E-state index in [0.29, 0.717) is 15.9 Å². The summed E-state index contributed by atoms with van der Waals surface area (Å²) in [6.45, 7) is 0. The maximum absolute atomic E-state index is 11.9. The van der Waals surface area contributed by atoms with Gasteiger partial charge in [-0.1, -0.05) is 30.3 Å². The molecule has 0 aliphatic rings. The molecule has 0 aliphatic heterocycles. The Kier molecular flexibility index (Phi) is 3.91. The van der Waals surface area contributed by atoms with E-state index in [-0.39, 0.29) is 5.65 Å². The van der Waals surface area contributed by atoms with E-state index >= 15 is 0 Å². The molecule has 5 aromatic rings. The zero-order valence-electron chi connectivity index (χ0n) is 15.1. The van der Waals surface area contributed by atoms with E-state index in [9.17, 15) is 10.0 Å². The van der Waals surface area contributed by atoms with Crippen LogP contribution in [0.15, 0.2) is 83.9 Å². The molecule has 29 heavy (non-hydrogen) atoms. The van der Waals surface area contributed by atoms with Gasteiger partial charge < -0.3 is 10.5 Å². The highest BCUT2D eigenvalue weighted by atomic mass is 16.5. The number of rotatable bonds is 3.